The molecule has 0 amide bonds. The Morgan fingerprint density at radius 1 is 0.846 bits per heavy atom. The minimum atomic E-state index is 0.380. The van der Waals surface area contributed by atoms with Crippen molar-refractivity contribution in [2.45, 2.75) is 57.8 Å². The zero-order valence-corrected chi connectivity index (χ0v) is 15.9. The third kappa shape index (κ3) is 2.57. The van der Waals surface area contributed by atoms with Gasteiger partial charge in [0, 0.05) is 10.9 Å². The molecule has 3 saturated carbocycles. The van der Waals surface area contributed by atoms with Gasteiger partial charge in [0.25, 0.3) is 0 Å². The topological polar surface area (TPSA) is 12.9 Å². The molecule has 1 aromatic heterocycles. The zero-order valence-electron chi connectivity index (χ0n) is 15.9. The van der Waals surface area contributed by atoms with Gasteiger partial charge in [-0.3, -0.25) is 0 Å². The van der Waals surface area contributed by atoms with Crippen LogP contribution in [0.1, 0.15) is 55.2 Å². The van der Waals surface area contributed by atoms with Crippen molar-refractivity contribution in [2.24, 2.45) is 5.92 Å². The van der Waals surface area contributed by atoms with Crippen LogP contribution in [-0.2, 0) is 5.41 Å². The first kappa shape index (κ1) is 16.1. The SMILES string of the molecule is Cc1cc(C)cc(-c2cc(C34CCC(CC3)CC4)c3ccccc3n2)c1. The van der Waals surface area contributed by atoms with E-state index in [1.54, 1.807) is 5.56 Å². The summed E-state index contributed by atoms with van der Waals surface area (Å²) in [7, 11) is 0. The predicted molar refractivity (Wildman–Crippen MR) is 110 cm³/mol. The highest BCUT2D eigenvalue weighted by Gasteiger charge is 2.42. The van der Waals surface area contributed by atoms with Gasteiger partial charge in [0.15, 0.2) is 0 Å². The largest absolute Gasteiger partial charge is 0.248 e. The summed E-state index contributed by atoms with van der Waals surface area (Å²) in [5.74, 6) is 0.990. The molecule has 0 radical (unpaired) electrons. The molecule has 0 unspecified atom stereocenters. The van der Waals surface area contributed by atoms with Gasteiger partial charge in [-0.05, 0) is 93.5 Å². The first-order valence-corrected chi connectivity index (χ1v) is 10.1. The van der Waals surface area contributed by atoms with Gasteiger partial charge in [-0.2, -0.15) is 0 Å². The fourth-order valence-corrected chi connectivity index (χ4v) is 5.54. The highest BCUT2D eigenvalue weighted by Crippen LogP contribution is 2.53. The minimum Gasteiger partial charge on any atom is -0.248 e. The predicted octanol–water partition coefficient (Wildman–Crippen LogP) is 6.74. The highest BCUT2D eigenvalue weighted by atomic mass is 14.7. The summed E-state index contributed by atoms with van der Waals surface area (Å²) in [6.45, 7) is 4.36. The molecule has 2 aromatic carbocycles. The van der Waals surface area contributed by atoms with E-state index in [0.717, 1.165) is 17.1 Å². The molecule has 1 heteroatoms. The van der Waals surface area contributed by atoms with Crippen LogP contribution in [0.5, 0.6) is 0 Å². The van der Waals surface area contributed by atoms with Crippen molar-refractivity contribution >= 4 is 10.9 Å². The van der Waals surface area contributed by atoms with E-state index in [-0.39, 0.29) is 0 Å². The number of fused-ring (bicyclic) bond motifs is 4. The Bertz CT molecular complexity index is 943. The summed E-state index contributed by atoms with van der Waals surface area (Å²) in [4.78, 5) is 5.06. The van der Waals surface area contributed by atoms with Crippen LogP contribution in [0.15, 0.2) is 48.5 Å². The summed E-state index contributed by atoms with van der Waals surface area (Å²) in [6, 6.07) is 18.0. The van der Waals surface area contributed by atoms with E-state index >= 15 is 0 Å². The molecule has 3 fully saturated rings. The Balaban J connectivity index is 1.74. The average molecular weight is 341 g/mol. The molecule has 2 bridgehead atoms. The molecule has 3 aliphatic carbocycles. The number of aryl methyl sites for hydroxylation is 2. The van der Waals surface area contributed by atoms with Crippen LogP contribution >= 0.6 is 0 Å². The van der Waals surface area contributed by atoms with Crippen molar-refractivity contribution in [3.8, 4) is 11.3 Å². The molecule has 0 aliphatic heterocycles. The number of hydrogen-bond acceptors (Lipinski definition) is 1. The van der Waals surface area contributed by atoms with Gasteiger partial charge < -0.3 is 0 Å². The van der Waals surface area contributed by atoms with Crippen LogP contribution in [0.2, 0.25) is 0 Å². The van der Waals surface area contributed by atoms with E-state index in [9.17, 15) is 0 Å². The second kappa shape index (κ2) is 5.94. The summed E-state index contributed by atoms with van der Waals surface area (Å²) < 4.78 is 0. The van der Waals surface area contributed by atoms with E-state index in [0.29, 0.717) is 5.41 Å². The number of aromatic nitrogens is 1. The Morgan fingerprint density at radius 3 is 2.19 bits per heavy atom. The third-order valence-electron chi connectivity index (χ3n) is 6.90. The van der Waals surface area contributed by atoms with Gasteiger partial charge in [0.1, 0.15) is 0 Å². The monoisotopic (exact) mass is 341 g/mol. The van der Waals surface area contributed by atoms with Crippen LogP contribution in [0, 0.1) is 19.8 Å². The molecule has 3 aliphatic rings. The summed E-state index contributed by atoms with van der Waals surface area (Å²) in [5, 5.41) is 1.38. The standard InChI is InChI=1S/C25H27N/c1-17-13-18(2)15-20(14-17)24-16-22(21-5-3-4-6-23(21)26-24)25-10-7-19(8-11-25)9-12-25/h3-6,13-16,19H,7-12H2,1-2H3. The van der Waals surface area contributed by atoms with Crippen LogP contribution in [0.3, 0.4) is 0 Å². The first-order chi connectivity index (χ1) is 12.6. The lowest BCUT2D eigenvalue weighted by Gasteiger charge is -2.47. The van der Waals surface area contributed by atoms with Gasteiger partial charge in [-0.15, -0.1) is 0 Å². The average Bonchev–Trinajstić information content (AvgIpc) is 2.68. The molecule has 132 valence electrons. The lowest BCUT2D eigenvalue weighted by atomic mass is 9.57. The Kier molecular flexibility index (Phi) is 3.67. The molecule has 6 rings (SSSR count). The number of rotatable bonds is 2. The van der Waals surface area contributed by atoms with Crippen LogP contribution < -0.4 is 0 Å². The van der Waals surface area contributed by atoms with Crippen molar-refractivity contribution < 1.29 is 0 Å². The first-order valence-electron chi connectivity index (χ1n) is 10.1. The maximum absolute atomic E-state index is 5.06. The van der Waals surface area contributed by atoms with E-state index in [1.165, 1.54) is 60.6 Å². The smallest absolute Gasteiger partial charge is 0.0712 e. The van der Waals surface area contributed by atoms with Gasteiger partial charge in [-0.25, -0.2) is 4.98 Å². The Labute approximate surface area is 156 Å². The normalized spacial score (nSPS) is 24.9. The summed E-state index contributed by atoms with van der Waals surface area (Å²) >= 11 is 0. The van der Waals surface area contributed by atoms with E-state index in [1.807, 2.05) is 0 Å². The molecule has 0 N–H and O–H groups in total. The molecule has 0 saturated heterocycles. The quantitative estimate of drug-likeness (QED) is 0.503. The van der Waals surface area contributed by atoms with Gasteiger partial charge in [-0.1, -0.05) is 35.4 Å². The van der Waals surface area contributed by atoms with E-state index < -0.39 is 0 Å². The lowest BCUT2D eigenvalue weighted by molar-refractivity contribution is 0.137. The number of benzene rings is 2. The molecule has 1 heterocycles. The van der Waals surface area contributed by atoms with Crippen molar-refractivity contribution in [1.82, 2.24) is 4.98 Å². The number of hydrogen-bond donors (Lipinski definition) is 0. The number of pyridine rings is 1. The number of para-hydroxylation sites is 1. The summed E-state index contributed by atoms with van der Waals surface area (Å²) in [5.41, 5.74) is 8.13. The second-order valence-corrected chi connectivity index (χ2v) is 8.71. The van der Waals surface area contributed by atoms with Crippen LogP contribution in [-0.4, -0.2) is 4.98 Å². The van der Waals surface area contributed by atoms with Crippen molar-refractivity contribution in [2.75, 3.05) is 0 Å². The van der Waals surface area contributed by atoms with Gasteiger partial charge in [0.05, 0.1) is 11.2 Å². The minimum absolute atomic E-state index is 0.380. The lowest BCUT2D eigenvalue weighted by Crippen LogP contribution is -2.37. The number of nitrogens with zero attached hydrogens (tertiary/aromatic N) is 1. The van der Waals surface area contributed by atoms with Crippen molar-refractivity contribution in [3.63, 3.8) is 0 Å². The van der Waals surface area contributed by atoms with E-state index in [4.69, 9.17) is 4.98 Å². The fraction of sp³-hybridized carbons (Fsp3) is 0.400. The molecule has 0 atom stereocenters. The summed E-state index contributed by atoms with van der Waals surface area (Å²) in [6.07, 6.45) is 8.31. The Hall–Kier alpha value is -2.15. The van der Waals surface area contributed by atoms with E-state index in [2.05, 4.69) is 62.4 Å². The Morgan fingerprint density at radius 2 is 1.50 bits per heavy atom. The maximum Gasteiger partial charge on any atom is 0.0712 e. The van der Waals surface area contributed by atoms with Crippen LogP contribution in [0.4, 0.5) is 0 Å². The molecule has 3 aromatic rings. The molecular formula is C25H27N. The van der Waals surface area contributed by atoms with Gasteiger partial charge >= 0.3 is 0 Å². The van der Waals surface area contributed by atoms with Crippen LogP contribution in [0.25, 0.3) is 22.2 Å². The fourth-order valence-electron chi connectivity index (χ4n) is 5.54. The molecule has 0 spiro atoms. The molecule has 1 nitrogen and oxygen atoms in total. The zero-order chi connectivity index (χ0) is 17.7. The van der Waals surface area contributed by atoms with Gasteiger partial charge in [0.2, 0.25) is 0 Å². The second-order valence-electron chi connectivity index (χ2n) is 8.71. The highest BCUT2D eigenvalue weighted by molar-refractivity contribution is 5.86. The maximum atomic E-state index is 5.06. The van der Waals surface area contributed by atoms with Crippen molar-refractivity contribution in [3.05, 3.63) is 65.2 Å². The van der Waals surface area contributed by atoms with Crippen molar-refractivity contribution in [1.29, 1.82) is 0 Å². The third-order valence-corrected chi connectivity index (χ3v) is 6.90. The molecule has 26 heavy (non-hydrogen) atoms. The molecular weight excluding hydrogens is 314 g/mol.